The number of nitrogens with zero attached hydrogens (tertiary/aromatic N) is 2. The topological polar surface area (TPSA) is 69.7 Å². The van der Waals surface area contributed by atoms with Crippen molar-refractivity contribution in [3.8, 4) is 0 Å². The molecule has 0 radical (unpaired) electrons. The summed E-state index contributed by atoms with van der Waals surface area (Å²) in [6, 6.07) is 5.32. The summed E-state index contributed by atoms with van der Waals surface area (Å²) in [4.78, 5) is 16.1. The number of benzene rings is 1. The zero-order valence-electron chi connectivity index (χ0n) is 16.6. The molecule has 0 bridgehead atoms. The molecule has 150 valence electrons. The van der Waals surface area contributed by atoms with Crippen molar-refractivity contribution in [1.29, 1.82) is 0 Å². The predicted molar refractivity (Wildman–Crippen MR) is 107 cm³/mol. The third kappa shape index (κ3) is 4.70. The summed E-state index contributed by atoms with van der Waals surface area (Å²) in [7, 11) is -3.56. The first-order valence-electron chi connectivity index (χ1n) is 9.92. The molecule has 1 amide bonds. The molecule has 1 saturated heterocycles. The molecule has 1 fully saturated rings. The van der Waals surface area contributed by atoms with E-state index in [0.717, 1.165) is 30.8 Å². The Morgan fingerprint density at radius 2 is 1.89 bits per heavy atom. The largest absolute Gasteiger partial charge is 0.312 e. The second-order valence-corrected chi connectivity index (χ2v) is 9.86. The fourth-order valence-electron chi connectivity index (χ4n) is 4.17. The summed E-state index contributed by atoms with van der Waals surface area (Å²) in [6.45, 7) is 9.06. The first kappa shape index (κ1) is 20.3. The van der Waals surface area contributed by atoms with E-state index in [2.05, 4.69) is 23.5 Å². The first-order chi connectivity index (χ1) is 12.8. The maximum Gasteiger partial charge on any atom is 0.240 e. The van der Waals surface area contributed by atoms with Crippen molar-refractivity contribution in [3.63, 3.8) is 0 Å². The molecule has 6 nitrogen and oxygen atoms in total. The maximum atomic E-state index is 12.8. The Balaban J connectivity index is 1.71. The quantitative estimate of drug-likeness (QED) is 0.772. The van der Waals surface area contributed by atoms with Crippen LogP contribution < -0.4 is 9.62 Å². The molecule has 0 aromatic heterocycles. The number of carbonyl (C=O) groups is 1. The summed E-state index contributed by atoms with van der Waals surface area (Å²) in [6.07, 6.45) is 4.07. The highest BCUT2D eigenvalue weighted by Gasteiger charge is 2.27. The molecule has 7 heteroatoms. The Hall–Kier alpha value is -1.44. The summed E-state index contributed by atoms with van der Waals surface area (Å²) in [5.41, 5.74) is 1.75. The van der Waals surface area contributed by atoms with E-state index < -0.39 is 10.0 Å². The van der Waals surface area contributed by atoms with Crippen LogP contribution in [0.25, 0.3) is 0 Å². The molecule has 1 aromatic rings. The number of amides is 1. The Bertz CT molecular complexity index is 786. The van der Waals surface area contributed by atoms with E-state index in [0.29, 0.717) is 25.4 Å². The third-order valence-electron chi connectivity index (χ3n) is 5.55. The lowest BCUT2D eigenvalue weighted by Gasteiger charge is -2.29. The number of sulfonamides is 1. The molecule has 2 heterocycles. The summed E-state index contributed by atoms with van der Waals surface area (Å²) < 4.78 is 28.5. The van der Waals surface area contributed by atoms with Gasteiger partial charge in [-0.25, -0.2) is 13.1 Å². The monoisotopic (exact) mass is 393 g/mol. The number of carbonyl (C=O) groups excluding carboxylic acids is 1. The van der Waals surface area contributed by atoms with Gasteiger partial charge >= 0.3 is 0 Å². The lowest BCUT2D eigenvalue weighted by atomic mass is 10.0. The van der Waals surface area contributed by atoms with Gasteiger partial charge in [0, 0.05) is 31.7 Å². The van der Waals surface area contributed by atoms with Crippen LogP contribution in [0.5, 0.6) is 0 Å². The van der Waals surface area contributed by atoms with Crippen LogP contribution in [-0.4, -0.2) is 51.4 Å². The zero-order chi connectivity index (χ0) is 19.6. The fraction of sp³-hybridized carbons (Fsp3) is 0.650. The van der Waals surface area contributed by atoms with Gasteiger partial charge in [-0.1, -0.05) is 13.8 Å². The molecule has 1 N–H and O–H groups in total. The van der Waals surface area contributed by atoms with Gasteiger partial charge in [-0.3, -0.25) is 9.69 Å². The Morgan fingerprint density at radius 1 is 1.19 bits per heavy atom. The molecule has 3 rings (SSSR count). The molecule has 2 aliphatic rings. The van der Waals surface area contributed by atoms with Gasteiger partial charge in [0.2, 0.25) is 15.9 Å². The number of rotatable bonds is 7. The second kappa shape index (κ2) is 8.29. The number of likely N-dealkylation sites (tertiary alicyclic amines) is 1. The average Bonchev–Trinajstić information content (AvgIpc) is 3.27. The lowest BCUT2D eigenvalue weighted by molar-refractivity contribution is -0.116. The molecule has 1 aromatic carbocycles. The van der Waals surface area contributed by atoms with E-state index >= 15 is 0 Å². The molecular weight excluding hydrogens is 362 g/mol. The van der Waals surface area contributed by atoms with Crippen LogP contribution in [0.3, 0.4) is 0 Å². The van der Waals surface area contributed by atoms with E-state index in [4.69, 9.17) is 0 Å². The SMILES string of the molecule is CC(=O)N1CCc2cc(S(=O)(=O)NCC(CC(C)C)N3CCCC3)ccc21. The molecule has 1 atom stereocenters. The number of hydrogen-bond donors (Lipinski definition) is 1. The van der Waals surface area contributed by atoms with Gasteiger partial charge in [-0.15, -0.1) is 0 Å². The van der Waals surface area contributed by atoms with Crippen LogP contribution in [-0.2, 0) is 21.2 Å². The van der Waals surface area contributed by atoms with Gasteiger partial charge in [0.05, 0.1) is 4.90 Å². The number of hydrogen-bond acceptors (Lipinski definition) is 4. The van der Waals surface area contributed by atoms with Crippen molar-refractivity contribution in [3.05, 3.63) is 23.8 Å². The Morgan fingerprint density at radius 3 is 2.52 bits per heavy atom. The van der Waals surface area contributed by atoms with Gasteiger partial charge in [-0.05, 0) is 68.5 Å². The van der Waals surface area contributed by atoms with Gasteiger partial charge in [-0.2, -0.15) is 0 Å². The van der Waals surface area contributed by atoms with Crippen LogP contribution >= 0.6 is 0 Å². The van der Waals surface area contributed by atoms with Crippen LogP contribution in [0.1, 0.15) is 45.6 Å². The highest BCUT2D eigenvalue weighted by atomic mass is 32.2. The lowest BCUT2D eigenvalue weighted by Crippen LogP contribution is -2.43. The normalized spacial score (nSPS) is 18.9. The standard InChI is InChI=1S/C20H31N3O3S/c1-15(2)12-18(22-9-4-5-10-22)14-21-27(25,26)19-6-7-20-17(13-19)8-11-23(20)16(3)24/h6-7,13,15,18,21H,4-5,8-12,14H2,1-3H3. The van der Waals surface area contributed by atoms with Gasteiger partial charge < -0.3 is 4.90 Å². The third-order valence-corrected chi connectivity index (χ3v) is 6.97. The molecule has 0 spiro atoms. The highest BCUT2D eigenvalue weighted by Crippen LogP contribution is 2.30. The molecule has 2 aliphatic heterocycles. The van der Waals surface area contributed by atoms with E-state index in [1.165, 1.54) is 19.8 Å². The first-order valence-corrected chi connectivity index (χ1v) is 11.4. The van der Waals surface area contributed by atoms with Gasteiger partial charge in [0.25, 0.3) is 0 Å². The fourth-order valence-corrected chi connectivity index (χ4v) is 5.30. The minimum atomic E-state index is -3.56. The number of nitrogens with one attached hydrogen (secondary N) is 1. The highest BCUT2D eigenvalue weighted by molar-refractivity contribution is 7.89. The smallest absolute Gasteiger partial charge is 0.240 e. The van der Waals surface area contributed by atoms with Crippen LogP contribution in [0.15, 0.2) is 23.1 Å². The van der Waals surface area contributed by atoms with Crippen LogP contribution in [0, 0.1) is 5.92 Å². The van der Waals surface area contributed by atoms with Crippen molar-refractivity contribution >= 4 is 21.6 Å². The van der Waals surface area contributed by atoms with Crippen molar-refractivity contribution in [2.45, 2.75) is 57.4 Å². The zero-order valence-corrected chi connectivity index (χ0v) is 17.4. The minimum absolute atomic E-state index is 0.00961. The number of fused-ring (bicyclic) bond motifs is 1. The van der Waals surface area contributed by atoms with E-state index in [9.17, 15) is 13.2 Å². The Labute approximate surface area is 163 Å². The molecule has 0 aliphatic carbocycles. The average molecular weight is 394 g/mol. The van der Waals surface area contributed by atoms with Gasteiger partial charge in [0.15, 0.2) is 0 Å². The summed E-state index contributed by atoms with van der Waals surface area (Å²) in [5, 5.41) is 0. The minimum Gasteiger partial charge on any atom is -0.312 e. The maximum absolute atomic E-state index is 12.8. The van der Waals surface area contributed by atoms with Crippen molar-refractivity contribution in [2.75, 3.05) is 31.1 Å². The second-order valence-electron chi connectivity index (χ2n) is 8.09. The van der Waals surface area contributed by atoms with Crippen LogP contribution in [0.2, 0.25) is 0 Å². The van der Waals surface area contributed by atoms with E-state index in [1.54, 1.807) is 23.1 Å². The van der Waals surface area contributed by atoms with Crippen molar-refractivity contribution in [1.82, 2.24) is 9.62 Å². The molecule has 27 heavy (non-hydrogen) atoms. The molecule has 0 saturated carbocycles. The number of anilines is 1. The van der Waals surface area contributed by atoms with Crippen molar-refractivity contribution in [2.24, 2.45) is 5.92 Å². The summed E-state index contributed by atoms with van der Waals surface area (Å²) >= 11 is 0. The molecular formula is C20H31N3O3S. The van der Waals surface area contributed by atoms with Crippen molar-refractivity contribution < 1.29 is 13.2 Å². The predicted octanol–water partition coefficient (Wildman–Crippen LogP) is 2.38. The Kier molecular flexibility index (Phi) is 6.23. The van der Waals surface area contributed by atoms with E-state index in [1.807, 2.05) is 0 Å². The molecule has 1 unspecified atom stereocenters. The van der Waals surface area contributed by atoms with Gasteiger partial charge in [0.1, 0.15) is 0 Å². The summed E-state index contributed by atoms with van der Waals surface area (Å²) in [5.74, 6) is 0.516. The van der Waals surface area contributed by atoms with E-state index in [-0.39, 0.29) is 16.8 Å². The van der Waals surface area contributed by atoms with Crippen LogP contribution in [0.4, 0.5) is 5.69 Å².